The largest absolute Gasteiger partial charge is 0.408 e. The zero-order valence-corrected chi connectivity index (χ0v) is 11.6. The first-order chi connectivity index (χ1) is 8.38. The van der Waals surface area contributed by atoms with Crippen molar-refractivity contribution >= 4 is 37.7 Å². The first kappa shape index (κ1) is 12.8. The average Bonchev–Trinajstić information content (AvgIpc) is 2.66. The van der Waals surface area contributed by atoms with Crippen LogP contribution in [0, 0.1) is 6.92 Å². The van der Waals surface area contributed by atoms with E-state index in [1.165, 1.54) is 12.1 Å². The summed E-state index contributed by atoms with van der Waals surface area (Å²) in [5.41, 5.74) is 5.75. The summed E-state index contributed by atoms with van der Waals surface area (Å²) in [4.78, 5) is -0.0623. The lowest BCUT2D eigenvalue weighted by Crippen LogP contribution is -2.15. The highest BCUT2D eigenvalue weighted by atomic mass is 79.9. The Hall–Kier alpha value is -1.61. The molecule has 7 nitrogen and oxygen atoms in total. The molecule has 0 saturated carbocycles. The van der Waals surface area contributed by atoms with Crippen LogP contribution in [0.1, 0.15) is 5.89 Å². The van der Waals surface area contributed by atoms with Crippen LogP contribution in [0.5, 0.6) is 0 Å². The molecule has 1 aromatic heterocycles. The molecule has 1 heterocycles. The van der Waals surface area contributed by atoms with Gasteiger partial charge in [0.05, 0.1) is 5.69 Å². The maximum Gasteiger partial charge on any atom is 0.329 e. The Balaban J connectivity index is 2.39. The van der Waals surface area contributed by atoms with Crippen LogP contribution >= 0.6 is 15.9 Å². The number of rotatable bonds is 3. The van der Waals surface area contributed by atoms with Crippen molar-refractivity contribution in [2.45, 2.75) is 11.8 Å². The van der Waals surface area contributed by atoms with Gasteiger partial charge in [0.2, 0.25) is 5.89 Å². The van der Waals surface area contributed by atoms with E-state index in [4.69, 9.17) is 10.2 Å². The summed E-state index contributed by atoms with van der Waals surface area (Å²) in [5.74, 6) is 0.259. The zero-order chi connectivity index (χ0) is 13.3. The smallest absolute Gasteiger partial charge is 0.329 e. The third-order valence-corrected chi connectivity index (χ3v) is 3.88. The second-order valence-corrected chi connectivity index (χ2v) is 5.98. The van der Waals surface area contributed by atoms with Gasteiger partial charge in [-0.05, 0) is 18.2 Å². The van der Waals surface area contributed by atoms with Crippen LogP contribution in [0.3, 0.4) is 0 Å². The van der Waals surface area contributed by atoms with Crippen molar-refractivity contribution in [1.82, 2.24) is 10.2 Å². The van der Waals surface area contributed by atoms with E-state index in [0.29, 0.717) is 4.47 Å². The van der Waals surface area contributed by atoms with Crippen molar-refractivity contribution in [3.63, 3.8) is 0 Å². The molecule has 9 heteroatoms. The van der Waals surface area contributed by atoms with Crippen molar-refractivity contribution in [3.05, 3.63) is 28.6 Å². The highest BCUT2D eigenvalue weighted by Crippen LogP contribution is 2.24. The number of nitrogens with two attached hydrogens (primary N) is 1. The first-order valence-corrected chi connectivity index (χ1v) is 7.04. The molecule has 0 atom stereocenters. The van der Waals surface area contributed by atoms with Crippen LogP contribution < -0.4 is 10.5 Å². The number of anilines is 2. The average molecular weight is 333 g/mol. The van der Waals surface area contributed by atoms with Crippen molar-refractivity contribution in [2.75, 3.05) is 10.5 Å². The Kier molecular flexibility index (Phi) is 3.26. The predicted molar refractivity (Wildman–Crippen MR) is 68.4 cm³/mol. The van der Waals surface area contributed by atoms with Crippen LogP contribution in [0.15, 0.2) is 32.0 Å². The first-order valence-electron chi connectivity index (χ1n) is 4.76. The summed E-state index contributed by atoms with van der Waals surface area (Å²) in [7, 11) is -3.85. The maximum atomic E-state index is 12.0. The summed E-state index contributed by atoms with van der Waals surface area (Å²) >= 11 is 3.18. The fourth-order valence-electron chi connectivity index (χ4n) is 1.25. The molecule has 0 saturated heterocycles. The van der Waals surface area contributed by atoms with Crippen molar-refractivity contribution < 1.29 is 12.8 Å². The van der Waals surface area contributed by atoms with Crippen LogP contribution in [0.25, 0.3) is 0 Å². The Morgan fingerprint density at radius 3 is 2.72 bits per heavy atom. The Morgan fingerprint density at radius 1 is 1.39 bits per heavy atom. The number of hydrogen-bond donors (Lipinski definition) is 2. The van der Waals surface area contributed by atoms with Gasteiger partial charge in [-0.2, -0.15) is 0 Å². The number of hydrogen-bond acceptors (Lipinski definition) is 6. The molecular weight excluding hydrogens is 324 g/mol. The van der Waals surface area contributed by atoms with Crippen molar-refractivity contribution in [3.8, 4) is 0 Å². The summed E-state index contributed by atoms with van der Waals surface area (Å²) in [6, 6.07) is 4.32. The number of benzene rings is 1. The number of nitrogens with zero attached hydrogens (tertiary/aromatic N) is 2. The summed E-state index contributed by atoms with van der Waals surface area (Å²) in [5, 5.41) is 7.07. The predicted octanol–water partition coefficient (Wildman–Crippen LogP) is 1.52. The molecular formula is C9H9BrN4O3S. The van der Waals surface area contributed by atoms with Gasteiger partial charge in [0.25, 0.3) is 10.0 Å². The van der Waals surface area contributed by atoms with Gasteiger partial charge in [-0.1, -0.05) is 21.0 Å². The van der Waals surface area contributed by atoms with Gasteiger partial charge < -0.3 is 10.2 Å². The number of sulfonamides is 1. The van der Waals surface area contributed by atoms with Gasteiger partial charge in [0.1, 0.15) is 4.90 Å². The minimum absolute atomic E-state index is 0.0623. The highest BCUT2D eigenvalue weighted by Gasteiger charge is 2.20. The minimum Gasteiger partial charge on any atom is -0.408 e. The Labute approximate surface area is 112 Å². The normalized spacial score (nSPS) is 11.4. The number of aromatic nitrogens is 2. The second-order valence-electron chi connectivity index (χ2n) is 3.41. The molecule has 0 unspecified atom stereocenters. The molecule has 0 aliphatic rings. The lowest BCUT2D eigenvalue weighted by Gasteiger charge is -2.07. The molecule has 3 N–H and O–H groups in total. The summed E-state index contributed by atoms with van der Waals surface area (Å²) < 4.78 is 31.8. The van der Waals surface area contributed by atoms with Crippen molar-refractivity contribution in [1.29, 1.82) is 0 Å². The second kappa shape index (κ2) is 4.58. The quantitative estimate of drug-likeness (QED) is 0.824. The van der Waals surface area contributed by atoms with E-state index in [1.54, 1.807) is 13.0 Å². The lowest BCUT2D eigenvalue weighted by molar-refractivity contribution is 0.534. The Morgan fingerprint density at radius 2 is 2.11 bits per heavy atom. The van der Waals surface area contributed by atoms with Crippen LogP contribution in [0.2, 0.25) is 0 Å². The topological polar surface area (TPSA) is 111 Å². The van der Waals surface area contributed by atoms with Crippen molar-refractivity contribution in [2.24, 2.45) is 0 Å². The fourth-order valence-corrected chi connectivity index (χ4v) is 2.84. The maximum absolute atomic E-state index is 12.0. The van der Waals surface area contributed by atoms with E-state index in [9.17, 15) is 8.42 Å². The summed E-state index contributed by atoms with van der Waals surface area (Å²) in [6.07, 6.45) is 0. The van der Waals surface area contributed by atoms with E-state index < -0.39 is 10.0 Å². The molecule has 0 radical (unpaired) electrons. The van der Waals surface area contributed by atoms with Gasteiger partial charge in [0.15, 0.2) is 0 Å². The van der Waals surface area contributed by atoms with E-state index in [-0.39, 0.29) is 22.5 Å². The standard InChI is InChI=1S/C9H9BrN4O3S/c1-5-12-13-9(17-5)14-18(15,16)8-4-6(10)2-3-7(8)11/h2-4H,11H2,1H3,(H,13,14). The minimum atomic E-state index is -3.85. The molecule has 0 fully saturated rings. The van der Waals surface area contributed by atoms with Gasteiger partial charge in [-0.3, -0.25) is 0 Å². The molecule has 2 aromatic rings. The van der Waals surface area contributed by atoms with Gasteiger partial charge >= 0.3 is 6.01 Å². The molecule has 96 valence electrons. The SMILES string of the molecule is Cc1nnc(NS(=O)(=O)c2cc(Br)ccc2N)o1. The van der Waals surface area contributed by atoms with E-state index >= 15 is 0 Å². The number of aryl methyl sites for hydroxylation is 1. The molecule has 0 bridgehead atoms. The lowest BCUT2D eigenvalue weighted by atomic mass is 10.3. The monoisotopic (exact) mass is 332 g/mol. The highest BCUT2D eigenvalue weighted by molar-refractivity contribution is 9.10. The van der Waals surface area contributed by atoms with Crippen LogP contribution in [0.4, 0.5) is 11.7 Å². The van der Waals surface area contributed by atoms with Crippen LogP contribution in [-0.2, 0) is 10.0 Å². The molecule has 0 aliphatic heterocycles. The molecule has 0 aliphatic carbocycles. The molecule has 18 heavy (non-hydrogen) atoms. The van der Waals surface area contributed by atoms with E-state index in [1.807, 2.05) is 0 Å². The molecule has 0 spiro atoms. The summed E-state index contributed by atoms with van der Waals surface area (Å²) in [6.45, 7) is 1.55. The molecule has 2 rings (SSSR count). The van der Waals surface area contributed by atoms with Gasteiger partial charge in [0, 0.05) is 11.4 Å². The molecule has 1 aromatic carbocycles. The number of halogens is 1. The number of nitrogens with one attached hydrogen (secondary N) is 1. The Bertz CT molecular complexity index is 683. The van der Waals surface area contributed by atoms with Gasteiger partial charge in [-0.15, -0.1) is 5.10 Å². The third-order valence-electron chi connectivity index (χ3n) is 2.01. The molecule has 0 amide bonds. The third kappa shape index (κ3) is 2.62. The van der Waals surface area contributed by atoms with E-state index in [0.717, 1.165) is 0 Å². The fraction of sp³-hybridized carbons (Fsp3) is 0.111. The van der Waals surface area contributed by atoms with E-state index in [2.05, 4.69) is 30.8 Å². The van der Waals surface area contributed by atoms with Gasteiger partial charge in [-0.25, -0.2) is 13.1 Å². The van der Waals surface area contributed by atoms with Crippen LogP contribution in [-0.4, -0.2) is 18.6 Å². The number of nitrogen functional groups attached to an aromatic ring is 1. The zero-order valence-electron chi connectivity index (χ0n) is 9.21.